The summed E-state index contributed by atoms with van der Waals surface area (Å²) in [5.74, 6) is -1.08. The van der Waals surface area contributed by atoms with E-state index in [1.807, 2.05) is 0 Å². The minimum absolute atomic E-state index is 0.0262. The Morgan fingerprint density at radius 1 is 1.26 bits per heavy atom. The number of carbonyl (C=O) groups is 1. The molecule has 0 spiro atoms. The molecule has 1 aliphatic rings. The van der Waals surface area contributed by atoms with Gasteiger partial charge in [0.25, 0.3) is 0 Å². The molecule has 1 unspecified atom stereocenters. The summed E-state index contributed by atoms with van der Waals surface area (Å²) in [5.41, 5.74) is -2.79. The predicted octanol–water partition coefficient (Wildman–Crippen LogP) is 4.03. The molecule has 0 saturated heterocycles. The molecule has 0 radical (unpaired) electrons. The Balaban J connectivity index is 1.89. The Kier molecular flexibility index (Phi) is 4.47. The smallest absolute Gasteiger partial charge is 0.321 e. The molecule has 1 atom stereocenters. The van der Waals surface area contributed by atoms with Gasteiger partial charge in [-0.2, -0.15) is 36.5 Å². The maximum Gasteiger partial charge on any atom is 0.437 e. The van der Waals surface area contributed by atoms with Crippen molar-refractivity contribution in [3.05, 3.63) is 28.8 Å². The number of carbonyl (C=O) groups excluding carboxylic acids is 1. The molecule has 2 N–H and O–H groups in total. The van der Waals surface area contributed by atoms with Crippen LogP contribution in [0.4, 0.5) is 32.0 Å². The summed E-state index contributed by atoms with van der Waals surface area (Å²) in [6.45, 7) is 2.56. The van der Waals surface area contributed by atoms with Crippen LogP contribution in [0.1, 0.15) is 54.5 Å². The van der Waals surface area contributed by atoms with Crippen LogP contribution in [0, 0.1) is 6.92 Å². The molecule has 148 valence electrons. The average Bonchev–Trinajstić information content (AvgIpc) is 3.16. The van der Waals surface area contributed by atoms with Gasteiger partial charge in [-0.15, -0.1) is 0 Å². The fraction of sp³-hybridized carbons (Fsp3) is 0.533. The Morgan fingerprint density at radius 3 is 2.41 bits per heavy atom. The second kappa shape index (κ2) is 6.27. The van der Waals surface area contributed by atoms with Crippen molar-refractivity contribution in [2.75, 3.05) is 5.32 Å². The van der Waals surface area contributed by atoms with Gasteiger partial charge in [0.1, 0.15) is 6.04 Å². The molecule has 2 aromatic rings. The van der Waals surface area contributed by atoms with Crippen molar-refractivity contribution in [3.8, 4) is 0 Å². The largest absolute Gasteiger partial charge is 0.437 e. The van der Waals surface area contributed by atoms with Crippen LogP contribution >= 0.6 is 0 Å². The molecule has 3 rings (SSSR count). The minimum atomic E-state index is -4.80. The number of H-pyrrole nitrogens is 1. The Hall–Kier alpha value is -2.53. The van der Waals surface area contributed by atoms with E-state index in [4.69, 9.17) is 0 Å². The molecule has 1 amide bonds. The highest BCUT2D eigenvalue weighted by atomic mass is 19.4. The zero-order valence-corrected chi connectivity index (χ0v) is 14.2. The number of nitrogens with zero attached hydrogens (tertiary/aromatic N) is 3. The van der Waals surface area contributed by atoms with Crippen molar-refractivity contribution in [1.29, 1.82) is 0 Å². The van der Waals surface area contributed by atoms with Crippen LogP contribution in [0.15, 0.2) is 6.07 Å². The van der Waals surface area contributed by atoms with Gasteiger partial charge in [-0.3, -0.25) is 14.6 Å². The number of hydrogen-bond acceptors (Lipinski definition) is 3. The number of aromatic amines is 1. The first-order valence-electron chi connectivity index (χ1n) is 7.99. The normalized spacial score (nSPS) is 16.4. The molecule has 0 aromatic carbocycles. The molecule has 0 aliphatic heterocycles. The molecule has 6 nitrogen and oxygen atoms in total. The van der Waals surface area contributed by atoms with E-state index in [2.05, 4.69) is 20.6 Å². The van der Waals surface area contributed by atoms with Gasteiger partial charge in [-0.25, -0.2) is 0 Å². The summed E-state index contributed by atoms with van der Waals surface area (Å²) in [5, 5.41) is 10.8. The first-order chi connectivity index (χ1) is 12.4. The van der Waals surface area contributed by atoms with Gasteiger partial charge in [0.05, 0.1) is 11.4 Å². The van der Waals surface area contributed by atoms with Crippen LogP contribution in [-0.2, 0) is 17.1 Å². The lowest BCUT2D eigenvalue weighted by molar-refractivity contribution is -0.142. The number of halogens is 6. The Labute approximate surface area is 148 Å². The molecular formula is C15H15F6N5O. The van der Waals surface area contributed by atoms with Crippen molar-refractivity contribution in [3.63, 3.8) is 0 Å². The van der Waals surface area contributed by atoms with Crippen molar-refractivity contribution in [2.45, 2.75) is 51.0 Å². The van der Waals surface area contributed by atoms with E-state index in [0.717, 1.165) is 10.7 Å². The van der Waals surface area contributed by atoms with E-state index in [0.29, 0.717) is 12.8 Å². The van der Waals surface area contributed by atoms with Crippen molar-refractivity contribution < 1.29 is 31.1 Å². The van der Waals surface area contributed by atoms with Crippen LogP contribution in [0.25, 0.3) is 0 Å². The second-order valence-electron chi connectivity index (χ2n) is 6.41. The highest BCUT2D eigenvalue weighted by molar-refractivity contribution is 5.94. The Morgan fingerprint density at radius 2 is 1.89 bits per heavy atom. The van der Waals surface area contributed by atoms with Gasteiger partial charge in [0.15, 0.2) is 11.4 Å². The maximum atomic E-state index is 13.0. The SMILES string of the molecule is Cc1[nH]nc(C(F)(F)F)c1NC(=O)C(C)n1nc(C(F)(F)F)cc1C1CC1. The number of rotatable bonds is 4. The first-order valence-corrected chi connectivity index (χ1v) is 7.99. The van der Waals surface area contributed by atoms with E-state index in [1.54, 1.807) is 0 Å². The highest BCUT2D eigenvalue weighted by Gasteiger charge is 2.41. The van der Waals surface area contributed by atoms with Gasteiger partial charge in [0, 0.05) is 11.6 Å². The number of aryl methyl sites for hydroxylation is 1. The van der Waals surface area contributed by atoms with Gasteiger partial charge >= 0.3 is 12.4 Å². The topological polar surface area (TPSA) is 75.6 Å². The zero-order chi connectivity index (χ0) is 20.1. The molecule has 1 fully saturated rings. The third-order valence-electron chi connectivity index (χ3n) is 4.26. The van der Waals surface area contributed by atoms with Crippen LogP contribution in [0.3, 0.4) is 0 Å². The summed E-state index contributed by atoms with van der Waals surface area (Å²) in [6, 6.07) is -0.363. The van der Waals surface area contributed by atoms with Crippen LogP contribution in [0.5, 0.6) is 0 Å². The molecule has 2 heterocycles. The summed E-state index contributed by atoms with van der Waals surface area (Å²) in [6.07, 6.45) is -8.16. The van der Waals surface area contributed by atoms with E-state index in [1.165, 1.54) is 13.8 Å². The second-order valence-corrected chi connectivity index (χ2v) is 6.41. The minimum Gasteiger partial charge on any atom is -0.321 e. The predicted molar refractivity (Wildman–Crippen MR) is 80.9 cm³/mol. The summed E-state index contributed by atoms with van der Waals surface area (Å²) in [4.78, 5) is 12.4. The first kappa shape index (κ1) is 19.2. The van der Waals surface area contributed by atoms with Crippen molar-refractivity contribution >= 4 is 11.6 Å². The van der Waals surface area contributed by atoms with Crippen molar-refractivity contribution in [1.82, 2.24) is 20.0 Å². The molecule has 0 bridgehead atoms. The van der Waals surface area contributed by atoms with Gasteiger partial charge in [-0.05, 0) is 32.8 Å². The monoisotopic (exact) mass is 395 g/mol. The lowest BCUT2D eigenvalue weighted by Gasteiger charge is -2.16. The van der Waals surface area contributed by atoms with E-state index in [-0.39, 0.29) is 17.3 Å². The van der Waals surface area contributed by atoms with E-state index < -0.39 is 41.4 Å². The standard InChI is InChI=1S/C15H15F6N5O/c1-6-11(12(24-23-6)15(19,20)21)22-13(27)7(2)26-9(8-3-4-8)5-10(25-26)14(16,17)18/h5,7-8H,3-4H2,1-2H3,(H,22,27)(H,23,24). The molecule has 2 aromatic heterocycles. The molecule has 27 heavy (non-hydrogen) atoms. The highest BCUT2D eigenvalue weighted by Crippen LogP contribution is 2.43. The number of hydrogen-bond donors (Lipinski definition) is 2. The quantitative estimate of drug-likeness (QED) is 0.768. The van der Waals surface area contributed by atoms with Crippen LogP contribution in [0.2, 0.25) is 0 Å². The lowest BCUT2D eigenvalue weighted by atomic mass is 10.2. The lowest BCUT2D eigenvalue weighted by Crippen LogP contribution is -2.27. The van der Waals surface area contributed by atoms with E-state index in [9.17, 15) is 31.1 Å². The van der Waals surface area contributed by atoms with Gasteiger partial charge < -0.3 is 5.32 Å². The van der Waals surface area contributed by atoms with Crippen LogP contribution in [-0.4, -0.2) is 25.9 Å². The summed E-state index contributed by atoms with van der Waals surface area (Å²) in [7, 11) is 0. The maximum absolute atomic E-state index is 13.0. The summed E-state index contributed by atoms with van der Waals surface area (Å²) < 4.78 is 78.7. The number of nitrogens with one attached hydrogen (secondary N) is 2. The van der Waals surface area contributed by atoms with Gasteiger partial charge in [0.2, 0.25) is 5.91 Å². The third kappa shape index (κ3) is 3.78. The average molecular weight is 395 g/mol. The van der Waals surface area contributed by atoms with Crippen LogP contribution < -0.4 is 5.32 Å². The molecule has 1 saturated carbocycles. The number of amides is 1. The van der Waals surface area contributed by atoms with Gasteiger partial charge in [-0.1, -0.05) is 0 Å². The Bertz CT molecular complexity index is 861. The molecular weight excluding hydrogens is 380 g/mol. The fourth-order valence-electron chi connectivity index (χ4n) is 2.67. The molecule has 12 heteroatoms. The van der Waals surface area contributed by atoms with Crippen molar-refractivity contribution in [2.24, 2.45) is 0 Å². The fourth-order valence-corrected chi connectivity index (χ4v) is 2.67. The van der Waals surface area contributed by atoms with E-state index >= 15 is 0 Å². The number of alkyl halides is 6. The summed E-state index contributed by atoms with van der Waals surface area (Å²) >= 11 is 0. The zero-order valence-electron chi connectivity index (χ0n) is 14.2. The number of aromatic nitrogens is 4. The number of anilines is 1. The third-order valence-corrected chi connectivity index (χ3v) is 4.26. The molecule has 1 aliphatic carbocycles.